The molecule has 0 unspecified atom stereocenters. The van der Waals surface area contributed by atoms with Crippen LogP contribution >= 0.6 is 0 Å². The maximum Gasteiger partial charge on any atom is 0.351 e. The SMILES string of the molecule is COC(=O)[C@@]12C[C@@H]1C(=O)c1cc(F)ccc1O2. The average molecular weight is 236 g/mol. The van der Waals surface area contributed by atoms with E-state index in [0.29, 0.717) is 6.42 Å². The Bertz CT molecular complexity index is 539. The van der Waals surface area contributed by atoms with Gasteiger partial charge in [0.2, 0.25) is 5.60 Å². The Balaban J connectivity index is 2.06. The largest absolute Gasteiger partial charge is 0.474 e. The van der Waals surface area contributed by atoms with Crippen molar-refractivity contribution < 1.29 is 23.5 Å². The molecule has 1 heterocycles. The summed E-state index contributed by atoms with van der Waals surface area (Å²) in [6.07, 6.45) is 0.300. The molecule has 2 atom stereocenters. The lowest BCUT2D eigenvalue weighted by atomic mass is 10.0. The zero-order chi connectivity index (χ0) is 12.2. The van der Waals surface area contributed by atoms with Gasteiger partial charge in [0.25, 0.3) is 0 Å². The van der Waals surface area contributed by atoms with Gasteiger partial charge < -0.3 is 9.47 Å². The molecule has 3 rings (SSSR count). The summed E-state index contributed by atoms with van der Waals surface area (Å²) in [4.78, 5) is 23.6. The second kappa shape index (κ2) is 3.06. The quantitative estimate of drug-likeness (QED) is 0.690. The Morgan fingerprint density at radius 2 is 2.35 bits per heavy atom. The van der Waals surface area contributed by atoms with E-state index in [9.17, 15) is 14.0 Å². The molecule has 0 bridgehead atoms. The molecule has 1 aromatic carbocycles. The molecule has 0 aromatic heterocycles. The van der Waals surface area contributed by atoms with Crippen LogP contribution in [0.5, 0.6) is 5.75 Å². The third-order valence-electron chi connectivity index (χ3n) is 3.26. The summed E-state index contributed by atoms with van der Waals surface area (Å²) in [6.45, 7) is 0. The number of methoxy groups -OCH3 is 1. The Hall–Kier alpha value is -1.91. The molecule has 0 N–H and O–H groups in total. The molecule has 0 radical (unpaired) electrons. The topological polar surface area (TPSA) is 52.6 Å². The number of Topliss-reactive ketones (excluding diaryl/α,β-unsaturated/α-hetero) is 1. The number of carbonyl (C=O) groups is 2. The van der Waals surface area contributed by atoms with Crippen molar-refractivity contribution in [2.24, 2.45) is 5.92 Å². The monoisotopic (exact) mass is 236 g/mol. The molecule has 4 nitrogen and oxygen atoms in total. The first kappa shape index (κ1) is 10.3. The number of esters is 1. The van der Waals surface area contributed by atoms with Crippen molar-refractivity contribution in [3.8, 4) is 5.75 Å². The number of hydrogen-bond donors (Lipinski definition) is 0. The standard InChI is InChI=1S/C12H9FO4/c1-16-11(15)12-5-8(12)10(14)7-4-6(13)2-3-9(7)17-12/h2-4,8H,5H2,1H3/t8-,12-/m1/s1. The Morgan fingerprint density at radius 1 is 1.59 bits per heavy atom. The zero-order valence-corrected chi connectivity index (χ0v) is 9.03. The van der Waals surface area contributed by atoms with Crippen LogP contribution in [-0.2, 0) is 9.53 Å². The minimum Gasteiger partial charge on any atom is -0.474 e. The molecule has 0 saturated heterocycles. The number of hydrogen-bond acceptors (Lipinski definition) is 4. The van der Waals surface area contributed by atoms with Crippen molar-refractivity contribution in [1.29, 1.82) is 0 Å². The number of benzene rings is 1. The van der Waals surface area contributed by atoms with Crippen molar-refractivity contribution in [2.45, 2.75) is 12.0 Å². The summed E-state index contributed by atoms with van der Waals surface area (Å²) >= 11 is 0. The van der Waals surface area contributed by atoms with Crippen molar-refractivity contribution in [2.75, 3.05) is 7.11 Å². The maximum atomic E-state index is 13.0. The van der Waals surface area contributed by atoms with E-state index in [1.54, 1.807) is 0 Å². The highest BCUT2D eigenvalue weighted by molar-refractivity contribution is 6.09. The number of ketones is 1. The van der Waals surface area contributed by atoms with Crippen LogP contribution in [0.25, 0.3) is 0 Å². The normalized spacial score (nSPS) is 28.8. The van der Waals surface area contributed by atoms with Gasteiger partial charge in [-0.05, 0) is 18.2 Å². The smallest absolute Gasteiger partial charge is 0.351 e. The second-order valence-corrected chi connectivity index (χ2v) is 4.24. The van der Waals surface area contributed by atoms with Gasteiger partial charge in [-0.25, -0.2) is 9.18 Å². The molecule has 1 aromatic rings. The molecule has 1 saturated carbocycles. The minimum absolute atomic E-state index is 0.201. The lowest BCUT2D eigenvalue weighted by Crippen LogP contribution is -2.38. The van der Waals surface area contributed by atoms with Crippen LogP contribution in [0.4, 0.5) is 4.39 Å². The van der Waals surface area contributed by atoms with Crippen molar-refractivity contribution in [3.63, 3.8) is 0 Å². The molecule has 1 aliphatic heterocycles. The van der Waals surface area contributed by atoms with Gasteiger partial charge in [0, 0.05) is 6.42 Å². The molecule has 88 valence electrons. The molecule has 2 aliphatic rings. The van der Waals surface area contributed by atoms with E-state index in [1.165, 1.54) is 19.2 Å². The fourth-order valence-electron chi connectivity index (χ4n) is 2.27. The summed E-state index contributed by atoms with van der Waals surface area (Å²) in [6, 6.07) is 3.69. The summed E-state index contributed by atoms with van der Waals surface area (Å²) < 4.78 is 23.2. The van der Waals surface area contributed by atoms with Gasteiger partial charge in [-0.15, -0.1) is 0 Å². The van der Waals surface area contributed by atoms with E-state index in [4.69, 9.17) is 4.74 Å². The summed E-state index contributed by atoms with van der Waals surface area (Å²) in [5.74, 6) is -1.59. The maximum absolute atomic E-state index is 13.0. The molecule has 17 heavy (non-hydrogen) atoms. The lowest BCUT2D eigenvalue weighted by molar-refractivity contribution is -0.151. The summed E-state index contributed by atoms with van der Waals surface area (Å²) in [5.41, 5.74) is -0.969. The van der Waals surface area contributed by atoms with Crippen molar-refractivity contribution in [1.82, 2.24) is 0 Å². The van der Waals surface area contributed by atoms with Gasteiger partial charge >= 0.3 is 5.97 Å². The van der Waals surface area contributed by atoms with E-state index >= 15 is 0 Å². The van der Waals surface area contributed by atoms with Crippen LogP contribution < -0.4 is 4.74 Å². The van der Waals surface area contributed by atoms with Crippen molar-refractivity contribution >= 4 is 11.8 Å². The van der Waals surface area contributed by atoms with Gasteiger partial charge in [0.1, 0.15) is 11.6 Å². The van der Waals surface area contributed by atoms with E-state index < -0.39 is 23.3 Å². The second-order valence-electron chi connectivity index (χ2n) is 4.24. The molecular weight excluding hydrogens is 227 g/mol. The predicted octanol–water partition coefficient (Wildman–Crippen LogP) is 1.33. The van der Waals surface area contributed by atoms with E-state index in [-0.39, 0.29) is 17.1 Å². The van der Waals surface area contributed by atoms with Gasteiger partial charge in [0.15, 0.2) is 5.78 Å². The van der Waals surface area contributed by atoms with Crippen LogP contribution in [0.15, 0.2) is 18.2 Å². The van der Waals surface area contributed by atoms with Gasteiger partial charge in [-0.3, -0.25) is 4.79 Å². The van der Waals surface area contributed by atoms with Crippen LogP contribution in [0.3, 0.4) is 0 Å². The molecular formula is C12H9FO4. The van der Waals surface area contributed by atoms with E-state index in [0.717, 1.165) is 6.07 Å². The molecule has 0 spiro atoms. The van der Waals surface area contributed by atoms with Crippen LogP contribution in [0, 0.1) is 11.7 Å². The fraction of sp³-hybridized carbons (Fsp3) is 0.333. The average Bonchev–Trinajstić information content (AvgIpc) is 3.06. The third kappa shape index (κ3) is 1.22. The minimum atomic E-state index is -1.17. The van der Waals surface area contributed by atoms with Crippen LogP contribution in [-0.4, -0.2) is 24.5 Å². The number of halogens is 1. The Kier molecular flexibility index (Phi) is 1.85. The van der Waals surface area contributed by atoms with Crippen LogP contribution in [0.1, 0.15) is 16.8 Å². The molecule has 0 amide bonds. The Labute approximate surface area is 96.3 Å². The molecule has 1 aliphatic carbocycles. The third-order valence-corrected chi connectivity index (χ3v) is 3.26. The molecule has 1 fully saturated rings. The zero-order valence-electron chi connectivity index (χ0n) is 9.03. The first-order valence-corrected chi connectivity index (χ1v) is 5.20. The Morgan fingerprint density at radius 3 is 3.06 bits per heavy atom. The van der Waals surface area contributed by atoms with E-state index in [2.05, 4.69) is 4.74 Å². The lowest BCUT2D eigenvalue weighted by Gasteiger charge is -2.23. The summed E-state index contributed by atoms with van der Waals surface area (Å²) in [5, 5.41) is 0. The first-order chi connectivity index (χ1) is 8.08. The van der Waals surface area contributed by atoms with Gasteiger partial charge in [-0.1, -0.05) is 0 Å². The number of rotatable bonds is 1. The first-order valence-electron chi connectivity index (χ1n) is 5.20. The fourth-order valence-corrected chi connectivity index (χ4v) is 2.27. The predicted molar refractivity (Wildman–Crippen MR) is 54.2 cm³/mol. The van der Waals surface area contributed by atoms with Gasteiger partial charge in [-0.2, -0.15) is 0 Å². The van der Waals surface area contributed by atoms with E-state index in [1.807, 2.05) is 0 Å². The summed E-state index contributed by atoms with van der Waals surface area (Å²) in [7, 11) is 1.25. The molecule has 5 heteroatoms. The van der Waals surface area contributed by atoms with Crippen molar-refractivity contribution in [3.05, 3.63) is 29.6 Å². The highest BCUT2D eigenvalue weighted by Gasteiger charge is 2.70. The highest BCUT2D eigenvalue weighted by atomic mass is 19.1. The van der Waals surface area contributed by atoms with Crippen LogP contribution in [0.2, 0.25) is 0 Å². The van der Waals surface area contributed by atoms with Gasteiger partial charge in [0.05, 0.1) is 18.6 Å². The number of fused-ring (bicyclic) bond motifs is 2. The number of ether oxygens (including phenoxy) is 2. The number of carbonyl (C=O) groups excluding carboxylic acids is 2. The highest BCUT2D eigenvalue weighted by Crippen LogP contribution is 2.54.